The third-order valence-corrected chi connectivity index (χ3v) is 18.0. The first-order valence-electron chi connectivity index (χ1n) is 19.7. The standard InChI is InChI=1S/C49H42BN3Si/c1-34-23-27-42-47(31-34)54(29-12-5-13-30-54)48-32-35(2)24-28-43(48)53(42)38-25-26-40-46(33-38)52(37-17-8-4-9-18-37)45-22-14-21-44-49(45)50(40)39-19-10-11-20-41(39)51(44)36-15-6-3-7-16-36/h3-4,6-11,14-28,31-33H,5,12-13,29-30H2,1-2H3. The van der Waals surface area contributed by atoms with Gasteiger partial charge in [0.2, 0.25) is 0 Å². The fourth-order valence-corrected chi connectivity index (χ4v) is 16.1. The van der Waals surface area contributed by atoms with Crippen LogP contribution in [0.25, 0.3) is 0 Å². The summed E-state index contributed by atoms with van der Waals surface area (Å²) in [5, 5.41) is 3.27. The summed E-state index contributed by atoms with van der Waals surface area (Å²) in [4.78, 5) is 7.60. The molecule has 4 aliphatic heterocycles. The van der Waals surface area contributed by atoms with Crippen LogP contribution in [0.4, 0.5) is 51.2 Å². The lowest BCUT2D eigenvalue weighted by Crippen LogP contribution is -2.63. The van der Waals surface area contributed by atoms with Gasteiger partial charge in [0, 0.05) is 51.2 Å². The van der Waals surface area contributed by atoms with Crippen molar-refractivity contribution in [2.75, 3.05) is 14.7 Å². The summed E-state index contributed by atoms with van der Waals surface area (Å²) in [5.74, 6) is 0. The number of fused-ring (bicyclic) bond motifs is 8. The fraction of sp³-hybridized carbons (Fsp3) is 0.143. The Hall–Kier alpha value is -5.78. The van der Waals surface area contributed by atoms with Crippen LogP contribution >= 0.6 is 0 Å². The van der Waals surface area contributed by atoms with Gasteiger partial charge in [-0.3, -0.25) is 0 Å². The Kier molecular flexibility index (Phi) is 7.12. The Morgan fingerprint density at radius 2 is 0.926 bits per heavy atom. The van der Waals surface area contributed by atoms with Gasteiger partial charge in [-0.05, 0) is 119 Å². The molecule has 0 bridgehead atoms. The van der Waals surface area contributed by atoms with E-state index in [9.17, 15) is 0 Å². The molecule has 1 saturated heterocycles. The number of rotatable bonds is 3. The Balaban J connectivity index is 1.17. The third-order valence-electron chi connectivity index (χ3n) is 12.7. The van der Waals surface area contributed by atoms with E-state index in [2.05, 4.69) is 186 Å². The first kappa shape index (κ1) is 31.7. The van der Waals surface area contributed by atoms with Crippen LogP contribution < -0.4 is 41.5 Å². The SMILES string of the molecule is Cc1ccc2c(c1)[Si]1(CCCCC1)c1cc(C)ccc1N2c1ccc2c(c1)N(c1ccccc1)c1cccc3c1B2c1ccccc1N3c1ccccc1. The molecule has 4 heterocycles. The Labute approximate surface area is 320 Å². The topological polar surface area (TPSA) is 9.72 Å². The predicted molar refractivity (Wildman–Crippen MR) is 233 cm³/mol. The second-order valence-corrected chi connectivity index (χ2v) is 20.0. The quantitative estimate of drug-likeness (QED) is 0.169. The van der Waals surface area contributed by atoms with Crippen molar-refractivity contribution in [3.63, 3.8) is 0 Å². The van der Waals surface area contributed by atoms with E-state index in [4.69, 9.17) is 0 Å². The Morgan fingerprint density at radius 1 is 0.407 bits per heavy atom. The number of aryl methyl sites for hydroxylation is 2. The number of nitrogens with zero attached hydrogens (tertiary/aromatic N) is 3. The van der Waals surface area contributed by atoms with E-state index < -0.39 is 8.07 Å². The van der Waals surface area contributed by atoms with Gasteiger partial charge in [0.15, 0.2) is 0 Å². The van der Waals surface area contributed by atoms with E-state index >= 15 is 0 Å². The fourth-order valence-electron chi connectivity index (χ4n) is 10.4. The molecule has 0 aromatic heterocycles. The largest absolute Gasteiger partial charge is 0.311 e. The molecule has 54 heavy (non-hydrogen) atoms. The molecule has 0 aliphatic carbocycles. The zero-order valence-corrected chi connectivity index (χ0v) is 32.0. The summed E-state index contributed by atoms with van der Waals surface area (Å²) < 4.78 is 0. The summed E-state index contributed by atoms with van der Waals surface area (Å²) in [6, 6.07) is 62.5. The number of para-hydroxylation sites is 3. The molecule has 260 valence electrons. The van der Waals surface area contributed by atoms with Crippen molar-refractivity contribution in [1.29, 1.82) is 0 Å². The van der Waals surface area contributed by atoms with E-state index in [1.54, 1.807) is 10.4 Å². The molecule has 11 rings (SSSR count). The Bertz CT molecular complexity index is 2540. The molecule has 0 atom stereocenters. The molecular weight excluding hydrogens is 669 g/mol. The predicted octanol–water partition coefficient (Wildman–Crippen LogP) is 9.92. The van der Waals surface area contributed by atoms with Crippen molar-refractivity contribution in [2.45, 2.75) is 45.2 Å². The third kappa shape index (κ3) is 4.54. The summed E-state index contributed by atoms with van der Waals surface area (Å²) in [7, 11) is -1.94. The lowest BCUT2D eigenvalue weighted by molar-refractivity contribution is 0.720. The highest BCUT2D eigenvalue weighted by Gasteiger charge is 2.47. The van der Waals surface area contributed by atoms with Crippen molar-refractivity contribution >= 4 is 92.7 Å². The molecule has 0 N–H and O–H groups in total. The molecule has 0 unspecified atom stereocenters. The average Bonchev–Trinajstić information content (AvgIpc) is 3.22. The van der Waals surface area contributed by atoms with Gasteiger partial charge in [0.25, 0.3) is 6.71 Å². The maximum absolute atomic E-state index is 2.61. The lowest BCUT2D eigenvalue weighted by atomic mass is 9.33. The molecule has 7 aromatic rings. The highest BCUT2D eigenvalue weighted by molar-refractivity contribution is 7.04. The number of hydrogen-bond donors (Lipinski definition) is 0. The van der Waals surface area contributed by atoms with Gasteiger partial charge in [-0.15, -0.1) is 0 Å². The van der Waals surface area contributed by atoms with Crippen LogP contribution in [0.5, 0.6) is 0 Å². The number of hydrogen-bond acceptors (Lipinski definition) is 3. The zero-order chi connectivity index (χ0) is 36.0. The van der Waals surface area contributed by atoms with Crippen LogP contribution in [0.15, 0.2) is 158 Å². The van der Waals surface area contributed by atoms with Crippen molar-refractivity contribution in [1.82, 2.24) is 0 Å². The maximum atomic E-state index is 2.61. The average molecular weight is 712 g/mol. The summed E-state index contributed by atoms with van der Waals surface area (Å²) in [6.45, 7) is 4.66. The van der Waals surface area contributed by atoms with Crippen LogP contribution in [0.1, 0.15) is 30.4 Å². The summed E-state index contributed by atoms with van der Waals surface area (Å²) in [6.07, 6.45) is 4.03. The zero-order valence-electron chi connectivity index (χ0n) is 31.0. The summed E-state index contributed by atoms with van der Waals surface area (Å²) >= 11 is 0. The molecule has 1 fully saturated rings. The van der Waals surface area contributed by atoms with Crippen molar-refractivity contribution in [3.05, 3.63) is 169 Å². The van der Waals surface area contributed by atoms with Gasteiger partial charge in [0.05, 0.1) is 0 Å². The van der Waals surface area contributed by atoms with Gasteiger partial charge in [-0.25, -0.2) is 0 Å². The molecule has 0 saturated carbocycles. The molecular formula is C49H42BN3Si. The van der Waals surface area contributed by atoms with Gasteiger partial charge >= 0.3 is 0 Å². The first-order chi connectivity index (χ1) is 26.6. The van der Waals surface area contributed by atoms with Crippen molar-refractivity contribution in [3.8, 4) is 0 Å². The second-order valence-electron chi connectivity index (χ2n) is 15.8. The molecule has 7 aromatic carbocycles. The van der Waals surface area contributed by atoms with Gasteiger partial charge in [0.1, 0.15) is 8.07 Å². The minimum atomic E-state index is -1.94. The minimum Gasteiger partial charge on any atom is -0.311 e. The monoisotopic (exact) mass is 711 g/mol. The van der Waals surface area contributed by atoms with Crippen molar-refractivity contribution in [2.24, 2.45) is 0 Å². The van der Waals surface area contributed by atoms with Gasteiger partial charge in [-0.2, -0.15) is 0 Å². The van der Waals surface area contributed by atoms with Crippen LogP contribution in [0.3, 0.4) is 0 Å². The molecule has 0 radical (unpaired) electrons. The van der Waals surface area contributed by atoms with E-state index in [0.717, 1.165) is 0 Å². The van der Waals surface area contributed by atoms with Gasteiger partial charge < -0.3 is 14.7 Å². The van der Waals surface area contributed by atoms with E-state index in [0.29, 0.717) is 0 Å². The maximum Gasteiger partial charge on any atom is 0.252 e. The van der Waals surface area contributed by atoms with E-state index in [1.165, 1.54) is 110 Å². The molecule has 4 aliphatic rings. The smallest absolute Gasteiger partial charge is 0.252 e. The lowest BCUT2D eigenvalue weighted by Gasteiger charge is -2.47. The molecule has 0 amide bonds. The van der Waals surface area contributed by atoms with Crippen molar-refractivity contribution < 1.29 is 0 Å². The number of benzene rings is 7. The van der Waals surface area contributed by atoms with E-state index in [-0.39, 0.29) is 6.71 Å². The summed E-state index contributed by atoms with van der Waals surface area (Å²) in [5.41, 5.74) is 18.1. The van der Waals surface area contributed by atoms with Crippen LogP contribution in [-0.2, 0) is 0 Å². The Morgan fingerprint density at radius 3 is 1.56 bits per heavy atom. The van der Waals surface area contributed by atoms with Crippen LogP contribution in [-0.4, -0.2) is 14.8 Å². The highest BCUT2D eigenvalue weighted by atomic mass is 28.3. The molecule has 5 heteroatoms. The van der Waals surface area contributed by atoms with Crippen LogP contribution in [0, 0.1) is 13.8 Å². The van der Waals surface area contributed by atoms with Crippen LogP contribution in [0.2, 0.25) is 12.1 Å². The minimum absolute atomic E-state index is 0.0977. The molecule has 3 nitrogen and oxygen atoms in total. The molecule has 1 spiro atoms. The van der Waals surface area contributed by atoms with E-state index in [1.807, 2.05) is 0 Å². The number of anilines is 9. The van der Waals surface area contributed by atoms with Gasteiger partial charge in [-0.1, -0.05) is 121 Å². The highest BCUT2D eigenvalue weighted by Crippen LogP contribution is 2.47. The second kappa shape index (κ2) is 12.1. The first-order valence-corrected chi connectivity index (χ1v) is 22.1. The normalized spacial score (nSPS) is 16.0.